The van der Waals surface area contributed by atoms with E-state index in [1.54, 1.807) is 0 Å². The zero-order valence-electron chi connectivity index (χ0n) is 8.60. The highest BCUT2D eigenvalue weighted by atomic mass is 79.9. The largest absolute Gasteiger partial charge is 0.232 e. The number of alkyl halides is 1. The molecule has 1 aromatic rings. The molecule has 86 valence electrons. The first-order valence-electron chi connectivity index (χ1n) is 4.62. The van der Waals surface area contributed by atoms with Crippen LogP contribution in [0.5, 0.6) is 0 Å². The van der Waals surface area contributed by atoms with E-state index in [2.05, 4.69) is 33.1 Å². The lowest BCUT2D eigenvalue weighted by Crippen LogP contribution is -1.95. The highest BCUT2D eigenvalue weighted by molar-refractivity contribution is 9.09. The van der Waals surface area contributed by atoms with E-state index >= 15 is 0 Å². The van der Waals surface area contributed by atoms with E-state index in [1.807, 2.05) is 0 Å². The first-order chi connectivity index (χ1) is 6.95. The SMILES string of the molecule is CCCCC(Br)c1nnc(S(C)(=O)=O)s1. The van der Waals surface area contributed by atoms with Crippen LogP contribution in [-0.2, 0) is 9.84 Å². The monoisotopic (exact) mass is 312 g/mol. The van der Waals surface area contributed by atoms with Gasteiger partial charge in [-0.3, -0.25) is 0 Å². The summed E-state index contributed by atoms with van der Waals surface area (Å²) in [5.41, 5.74) is 0. The average Bonchev–Trinajstić information content (AvgIpc) is 2.62. The topological polar surface area (TPSA) is 59.9 Å². The maximum Gasteiger partial charge on any atom is 0.232 e. The second-order valence-electron chi connectivity index (χ2n) is 3.29. The number of hydrogen-bond donors (Lipinski definition) is 0. The summed E-state index contributed by atoms with van der Waals surface area (Å²) in [6, 6.07) is 0. The van der Waals surface area contributed by atoms with Crippen molar-refractivity contribution in [2.45, 2.75) is 35.4 Å². The van der Waals surface area contributed by atoms with Crippen LogP contribution in [0.4, 0.5) is 0 Å². The molecule has 0 bridgehead atoms. The summed E-state index contributed by atoms with van der Waals surface area (Å²) in [6.45, 7) is 2.11. The maximum atomic E-state index is 11.2. The molecule has 15 heavy (non-hydrogen) atoms. The molecule has 0 fully saturated rings. The quantitative estimate of drug-likeness (QED) is 0.784. The Kier molecular flexibility index (Phi) is 4.66. The van der Waals surface area contributed by atoms with Crippen LogP contribution >= 0.6 is 27.3 Å². The van der Waals surface area contributed by atoms with Crippen molar-refractivity contribution in [1.82, 2.24) is 10.2 Å². The Hall–Kier alpha value is -0.0100. The summed E-state index contributed by atoms with van der Waals surface area (Å²) in [7, 11) is -3.21. The standard InChI is InChI=1S/C8H13BrN2O2S2/c1-3-4-5-6(9)7-10-11-8(14-7)15(2,12)13/h6H,3-5H2,1-2H3. The smallest absolute Gasteiger partial charge is 0.221 e. The van der Waals surface area contributed by atoms with Crippen LogP contribution in [0.25, 0.3) is 0 Å². The third kappa shape index (κ3) is 3.81. The van der Waals surface area contributed by atoms with Crippen molar-refractivity contribution in [1.29, 1.82) is 0 Å². The lowest BCUT2D eigenvalue weighted by atomic mass is 10.2. The molecule has 0 saturated heterocycles. The summed E-state index contributed by atoms with van der Waals surface area (Å²) in [5, 5.41) is 8.28. The van der Waals surface area contributed by atoms with Gasteiger partial charge in [0.2, 0.25) is 14.2 Å². The van der Waals surface area contributed by atoms with Gasteiger partial charge in [-0.15, -0.1) is 10.2 Å². The molecule has 0 amide bonds. The van der Waals surface area contributed by atoms with Crippen LogP contribution in [0.1, 0.15) is 36.0 Å². The first-order valence-corrected chi connectivity index (χ1v) is 8.25. The van der Waals surface area contributed by atoms with E-state index in [-0.39, 0.29) is 9.17 Å². The normalized spacial score (nSPS) is 14.1. The molecule has 0 spiro atoms. The molecule has 1 aromatic heterocycles. The van der Waals surface area contributed by atoms with Gasteiger partial charge in [0.15, 0.2) is 0 Å². The van der Waals surface area contributed by atoms with E-state index in [0.29, 0.717) is 0 Å². The molecule has 0 aromatic carbocycles. The highest BCUT2D eigenvalue weighted by Crippen LogP contribution is 2.31. The van der Waals surface area contributed by atoms with Crippen molar-refractivity contribution in [3.63, 3.8) is 0 Å². The molecule has 1 rings (SSSR count). The van der Waals surface area contributed by atoms with Gasteiger partial charge in [-0.05, 0) is 6.42 Å². The summed E-state index contributed by atoms with van der Waals surface area (Å²) >= 11 is 4.62. The molecule has 0 aliphatic rings. The van der Waals surface area contributed by atoms with Crippen molar-refractivity contribution >= 4 is 37.1 Å². The van der Waals surface area contributed by atoms with Crippen LogP contribution in [0.15, 0.2) is 4.34 Å². The molecule has 4 nitrogen and oxygen atoms in total. The molecular weight excluding hydrogens is 300 g/mol. The molecule has 1 heterocycles. The van der Waals surface area contributed by atoms with Crippen LogP contribution in [0, 0.1) is 0 Å². The lowest BCUT2D eigenvalue weighted by molar-refractivity contribution is 0.599. The second kappa shape index (κ2) is 5.36. The van der Waals surface area contributed by atoms with Crippen LogP contribution in [-0.4, -0.2) is 24.9 Å². The number of rotatable bonds is 5. The minimum atomic E-state index is -3.21. The first kappa shape index (κ1) is 13.1. The molecule has 1 unspecified atom stereocenters. The summed E-state index contributed by atoms with van der Waals surface area (Å²) in [6.07, 6.45) is 4.30. The van der Waals surface area contributed by atoms with Crippen molar-refractivity contribution in [3.05, 3.63) is 5.01 Å². The molecule has 0 aliphatic heterocycles. The average molecular weight is 313 g/mol. The Morgan fingerprint density at radius 2 is 2.13 bits per heavy atom. The van der Waals surface area contributed by atoms with Crippen LogP contribution in [0.2, 0.25) is 0 Å². The van der Waals surface area contributed by atoms with E-state index in [0.717, 1.165) is 41.9 Å². The lowest BCUT2D eigenvalue weighted by Gasteiger charge is -2.02. The van der Waals surface area contributed by atoms with Gasteiger partial charge < -0.3 is 0 Å². The number of nitrogens with zero attached hydrogens (tertiary/aromatic N) is 2. The molecule has 0 aliphatic carbocycles. The van der Waals surface area contributed by atoms with Crippen molar-refractivity contribution < 1.29 is 8.42 Å². The number of halogens is 1. The maximum absolute atomic E-state index is 11.2. The van der Waals surface area contributed by atoms with Gasteiger partial charge in [0.1, 0.15) is 5.01 Å². The predicted molar refractivity (Wildman–Crippen MR) is 64.2 cm³/mol. The van der Waals surface area contributed by atoms with Crippen molar-refractivity contribution in [2.24, 2.45) is 0 Å². The van der Waals surface area contributed by atoms with Gasteiger partial charge in [-0.2, -0.15) is 0 Å². The Morgan fingerprint density at radius 1 is 1.47 bits per heavy atom. The summed E-state index contributed by atoms with van der Waals surface area (Å²) in [5.74, 6) is 0. The van der Waals surface area contributed by atoms with Gasteiger partial charge in [0, 0.05) is 6.26 Å². The van der Waals surface area contributed by atoms with E-state index in [1.165, 1.54) is 0 Å². The van der Waals surface area contributed by atoms with Gasteiger partial charge in [-0.25, -0.2) is 8.42 Å². The Bertz CT molecular complexity index is 416. The molecule has 0 radical (unpaired) electrons. The van der Waals surface area contributed by atoms with Gasteiger partial charge in [-0.1, -0.05) is 47.0 Å². The Labute approximate surface area is 102 Å². The molecule has 1 atom stereocenters. The predicted octanol–water partition coefficient (Wildman–Crippen LogP) is 2.57. The minimum Gasteiger partial charge on any atom is -0.221 e. The van der Waals surface area contributed by atoms with Crippen molar-refractivity contribution in [3.8, 4) is 0 Å². The summed E-state index contributed by atoms with van der Waals surface area (Å²) < 4.78 is 22.4. The fraction of sp³-hybridized carbons (Fsp3) is 0.750. The highest BCUT2D eigenvalue weighted by Gasteiger charge is 2.18. The zero-order chi connectivity index (χ0) is 11.5. The molecule has 7 heteroatoms. The minimum absolute atomic E-state index is 0.0958. The van der Waals surface area contributed by atoms with Gasteiger partial charge in [0.25, 0.3) is 0 Å². The summed E-state index contributed by atoms with van der Waals surface area (Å²) in [4.78, 5) is 0.116. The van der Waals surface area contributed by atoms with Crippen LogP contribution < -0.4 is 0 Å². The van der Waals surface area contributed by atoms with Crippen LogP contribution in [0.3, 0.4) is 0 Å². The number of unbranched alkanes of at least 4 members (excludes halogenated alkanes) is 1. The molecule has 0 saturated carbocycles. The fourth-order valence-corrected chi connectivity index (χ4v) is 3.34. The van der Waals surface area contributed by atoms with E-state index in [9.17, 15) is 8.42 Å². The zero-order valence-corrected chi connectivity index (χ0v) is 11.8. The second-order valence-corrected chi connectivity index (χ2v) is 7.59. The molecule has 0 N–H and O–H groups in total. The van der Waals surface area contributed by atoms with Gasteiger partial charge in [0.05, 0.1) is 4.83 Å². The third-order valence-corrected chi connectivity index (χ3v) is 5.72. The number of sulfone groups is 1. The number of aromatic nitrogens is 2. The Morgan fingerprint density at radius 3 is 2.60 bits per heavy atom. The van der Waals surface area contributed by atoms with Gasteiger partial charge >= 0.3 is 0 Å². The third-order valence-electron chi connectivity index (χ3n) is 1.82. The fourth-order valence-electron chi connectivity index (χ4n) is 1.00. The molecular formula is C8H13BrN2O2S2. The van der Waals surface area contributed by atoms with E-state index in [4.69, 9.17) is 0 Å². The van der Waals surface area contributed by atoms with E-state index < -0.39 is 9.84 Å². The number of hydrogen-bond acceptors (Lipinski definition) is 5. The Balaban J connectivity index is 2.76. The van der Waals surface area contributed by atoms with Crippen molar-refractivity contribution in [2.75, 3.05) is 6.26 Å².